The van der Waals surface area contributed by atoms with Gasteiger partial charge in [-0.05, 0) is 31.6 Å². The Bertz CT molecular complexity index is 427. The lowest BCUT2D eigenvalue weighted by atomic mass is 9.64. The maximum Gasteiger partial charge on any atom is 0.156 e. The van der Waals surface area contributed by atoms with Crippen molar-refractivity contribution in [3.63, 3.8) is 0 Å². The van der Waals surface area contributed by atoms with E-state index in [0.29, 0.717) is 12.0 Å². The molecule has 18 heavy (non-hydrogen) atoms. The number of ketones is 1. The summed E-state index contributed by atoms with van der Waals surface area (Å²) in [5.74, 6) is 0.0539. The molecule has 0 aromatic carbocycles. The molecule has 0 radical (unpaired) electrons. The summed E-state index contributed by atoms with van der Waals surface area (Å²) >= 11 is 0. The van der Waals surface area contributed by atoms with Gasteiger partial charge in [0.2, 0.25) is 0 Å². The van der Waals surface area contributed by atoms with Crippen molar-refractivity contribution in [3.8, 4) is 0 Å². The molecular weight excluding hydrogens is 228 g/mol. The number of allylic oxidation sites excluding steroid dienone is 3. The molecule has 1 aliphatic carbocycles. The van der Waals surface area contributed by atoms with E-state index < -0.39 is 11.0 Å². The highest BCUT2D eigenvalue weighted by Gasteiger charge is 2.46. The van der Waals surface area contributed by atoms with E-state index >= 15 is 0 Å². The first kappa shape index (κ1) is 14.9. The van der Waals surface area contributed by atoms with Crippen LogP contribution in [0.1, 0.15) is 34.1 Å². The Hall–Kier alpha value is -1.19. The van der Waals surface area contributed by atoms with Crippen molar-refractivity contribution < 1.29 is 15.0 Å². The zero-order valence-electron chi connectivity index (χ0n) is 11.5. The Morgan fingerprint density at radius 3 is 2.61 bits per heavy atom. The molecule has 3 heteroatoms. The number of rotatable bonds is 3. The van der Waals surface area contributed by atoms with E-state index in [1.807, 2.05) is 20.8 Å². The van der Waals surface area contributed by atoms with Crippen LogP contribution in [0, 0.1) is 5.41 Å². The van der Waals surface area contributed by atoms with E-state index in [9.17, 15) is 9.90 Å². The Kier molecular flexibility index (Phi) is 4.30. The van der Waals surface area contributed by atoms with Crippen LogP contribution in [0.25, 0.3) is 0 Å². The highest BCUT2D eigenvalue weighted by atomic mass is 16.3. The fourth-order valence-electron chi connectivity index (χ4n) is 2.33. The van der Waals surface area contributed by atoms with Crippen LogP contribution in [0.3, 0.4) is 0 Å². The lowest BCUT2D eigenvalue weighted by molar-refractivity contribution is -0.121. The molecule has 0 fully saturated rings. The molecule has 3 nitrogen and oxygen atoms in total. The third kappa shape index (κ3) is 2.79. The average molecular weight is 250 g/mol. The molecule has 0 heterocycles. The molecule has 0 aliphatic heterocycles. The SMILES string of the molecule is CC1=CC(=O)CC(C)(C)C1(O)/C=C/C(C)=C\CO. The van der Waals surface area contributed by atoms with Crippen LogP contribution in [-0.2, 0) is 4.79 Å². The van der Waals surface area contributed by atoms with Gasteiger partial charge >= 0.3 is 0 Å². The van der Waals surface area contributed by atoms with Gasteiger partial charge in [-0.25, -0.2) is 0 Å². The average Bonchev–Trinajstić information content (AvgIpc) is 2.23. The van der Waals surface area contributed by atoms with Crippen molar-refractivity contribution in [2.75, 3.05) is 6.61 Å². The summed E-state index contributed by atoms with van der Waals surface area (Å²) in [6.45, 7) is 7.38. The van der Waals surface area contributed by atoms with Gasteiger partial charge in [0.25, 0.3) is 0 Å². The van der Waals surface area contributed by atoms with Crippen molar-refractivity contribution >= 4 is 5.78 Å². The van der Waals surface area contributed by atoms with Crippen LogP contribution >= 0.6 is 0 Å². The topological polar surface area (TPSA) is 57.5 Å². The molecule has 100 valence electrons. The van der Waals surface area contributed by atoms with Crippen LogP contribution in [0.15, 0.2) is 35.5 Å². The summed E-state index contributed by atoms with van der Waals surface area (Å²) in [5.41, 5.74) is -0.104. The number of aliphatic hydroxyl groups is 2. The van der Waals surface area contributed by atoms with Gasteiger partial charge < -0.3 is 10.2 Å². The summed E-state index contributed by atoms with van der Waals surface area (Å²) in [5, 5.41) is 19.6. The largest absolute Gasteiger partial charge is 0.392 e. The summed E-state index contributed by atoms with van der Waals surface area (Å²) < 4.78 is 0. The van der Waals surface area contributed by atoms with E-state index in [-0.39, 0.29) is 12.4 Å². The Balaban J connectivity index is 3.13. The van der Waals surface area contributed by atoms with Crippen molar-refractivity contribution in [2.24, 2.45) is 5.41 Å². The summed E-state index contributed by atoms with van der Waals surface area (Å²) in [4.78, 5) is 11.6. The second kappa shape index (κ2) is 5.21. The van der Waals surface area contributed by atoms with Crippen molar-refractivity contribution in [2.45, 2.75) is 39.7 Å². The molecule has 2 N–H and O–H groups in total. The van der Waals surface area contributed by atoms with E-state index in [2.05, 4.69) is 0 Å². The molecule has 0 aromatic rings. The van der Waals surface area contributed by atoms with Crippen LogP contribution in [-0.4, -0.2) is 28.2 Å². The third-order valence-electron chi connectivity index (χ3n) is 3.63. The smallest absolute Gasteiger partial charge is 0.156 e. The van der Waals surface area contributed by atoms with Crippen LogP contribution < -0.4 is 0 Å². The monoisotopic (exact) mass is 250 g/mol. The molecule has 0 saturated heterocycles. The zero-order valence-corrected chi connectivity index (χ0v) is 11.5. The lowest BCUT2D eigenvalue weighted by Gasteiger charge is -2.44. The van der Waals surface area contributed by atoms with E-state index in [4.69, 9.17) is 5.11 Å². The zero-order chi connectivity index (χ0) is 14.0. The molecule has 1 unspecified atom stereocenters. The maximum absolute atomic E-state index is 11.6. The van der Waals surface area contributed by atoms with Gasteiger partial charge in [-0.15, -0.1) is 0 Å². The minimum absolute atomic E-state index is 0.0225. The maximum atomic E-state index is 11.6. The molecule has 1 atom stereocenters. The third-order valence-corrected chi connectivity index (χ3v) is 3.63. The quantitative estimate of drug-likeness (QED) is 0.755. The molecule has 0 spiro atoms. The van der Waals surface area contributed by atoms with Crippen molar-refractivity contribution in [3.05, 3.63) is 35.5 Å². The second-order valence-electron chi connectivity index (χ2n) is 5.58. The predicted molar refractivity (Wildman–Crippen MR) is 72.1 cm³/mol. The predicted octanol–water partition coefficient (Wildman–Crippen LogP) is 2.16. The van der Waals surface area contributed by atoms with Crippen LogP contribution in [0.2, 0.25) is 0 Å². The van der Waals surface area contributed by atoms with Gasteiger partial charge in [0.05, 0.1) is 6.61 Å². The van der Waals surface area contributed by atoms with Crippen LogP contribution in [0.5, 0.6) is 0 Å². The molecule has 1 aliphatic rings. The Morgan fingerprint density at radius 1 is 1.50 bits per heavy atom. The molecule has 0 aromatic heterocycles. The fraction of sp³-hybridized carbons (Fsp3) is 0.533. The first-order valence-electron chi connectivity index (χ1n) is 6.14. The number of hydrogen-bond donors (Lipinski definition) is 2. The number of hydrogen-bond acceptors (Lipinski definition) is 3. The van der Waals surface area contributed by atoms with Gasteiger partial charge in [-0.2, -0.15) is 0 Å². The van der Waals surface area contributed by atoms with Crippen molar-refractivity contribution in [1.29, 1.82) is 0 Å². The number of aliphatic hydroxyl groups excluding tert-OH is 1. The summed E-state index contributed by atoms with van der Waals surface area (Å²) in [6, 6.07) is 0. The minimum Gasteiger partial charge on any atom is -0.392 e. The first-order valence-corrected chi connectivity index (χ1v) is 6.14. The molecule has 1 rings (SSSR count). The Morgan fingerprint density at radius 2 is 2.11 bits per heavy atom. The Labute approximate surface area is 109 Å². The van der Waals surface area contributed by atoms with Crippen molar-refractivity contribution in [1.82, 2.24) is 0 Å². The van der Waals surface area contributed by atoms with Gasteiger partial charge in [0, 0.05) is 11.8 Å². The van der Waals surface area contributed by atoms with Gasteiger partial charge in [-0.1, -0.05) is 31.6 Å². The molecule has 0 amide bonds. The van der Waals surface area contributed by atoms with Crippen LogP contribution in [0.4, 0.5) is 0 Å². The molecule has 0 bridgehead atoms. The summed E-state index contributed by atoms with van der Waals surface area (Å²) in [7, 11) is 0. The summed E-state index contributed by atoms with van der Waals surface area (Å²) in [6.07, 6.45) is 7.01. The van der Waals surface area contributed by atoms with Gasteiger partial charge in [0.1, 0.15) is 5.60 Å². The number of carbonyl (C=O) groups is 1. The standard InChI is InChI=1S/C15H22O3/c1-11(6-8-16)5-7-15(18)12(2)9-13(17)10-14(15,3)4/h5-7,9,16,18H,8,10H2,1-4H3/b7-5+,11-6-. The normalized spacial score (nSPS) is 28.7. The second-order valence-corrected chi connectivity index (χ2v) is 5.58. The van der Waals surface area contributed by atoms with Gasteiger partial charge in [0.15, 0.2) is 5.78 Å². The van der Waals surface area contributed by atoms with Gasteiger partial charge in [-0.3, -0.25) is 4.79 Å². The lowest BCUT2D eigenvalue weighted by Crippen LogP contribution is -2.48. The van der Waals surface area contributed by atoms with E-state index in [1.54, 1.807) is 25.2 Å². The van der Waals surface area contributed by atoms with E-state index in [1.165, 1.54) is 6.08 Å². The molecular formula is C15H22O3. The first-order chi connectivity index (χ1) is 8.23. The minimum atomic E-state index is -1.12. The van der Waals surface area contributed by atoms with E-state index in [0.717, 1.165) is 5.57 Å². The molecule has 0 saturated carbocycles. The fourth-order valence-corrected chi connectivity index (χ4v) is 2.33. The highest BCUT2D eigenvalue weighted by Crippen LogP contribution is 2.44. The highest BCUT2D eigenvalue weighted by molar-refractivity contribution is 5.92. The number of carbonyl (C=O) groups excluding carboxylic acids is 1.